The summed E-state index contributed by atoms with van der Waals surface area (Å²) in [5.74, 6) is 3.13. The minimum Gasteiger partial charge on any atom is -0.493 e. The number of benzene rings is 2. The Bertz CT molecular complexity index is 1220. The van der Waals surface area contributed by atoms with Crippen molar-refractivity contribution in [2.45, 2.75) is 37.6 Å². The van der Waals surface area contributed by atoms with Crippen LogP contribution in [0, 0.1) is 11.8 Å². The number of carbonyl (C=O) groups is 1. The molecule has 1 saturated carbocycles. The van der Waals surface area contributed by atoms with Crippen molar-refractivity contribution in [1.29, 1.82) is 0 Å². The fourth-order valence-corrected chi connectivity index (χ4v) is 6.81. The lowest BCUT2D eigenvalue weighted by Crippen LogP contribution is -2.49. The zero-order chi connectivity index (χ0) is 22.7. The molecule has 1 aliphatic carbocycles. The molecule has 0 N–H and O–H groups in total. The topological polar surface area (TPSA) is 64.8 Å². The van der Waals surface area contributed by atoms with Crippen LogP contribution in [-0.4, -0.2) is 36.7 Å². The first kappa shape index (κ1) is 20.3. The maximum atomic E-state index is 13.2. The van der Waals surface area contributed by atoms with Gasteiger partial charge in [-0.05, 0) is 42.0 Å². The highest BCUT2D eigenvalue weighted by Gasteiger charge is 2.64. The lowest BCUT2D eigenvalue weighted by molar-refractivity contribution is -0.132. The molecule has 2 aliphatic heterocycles. The average Bonchev–Trinajstić information content (AvgIpc) is 3.49. The molecule has 33 heavy (non-hydrogen) atoms. The number of hydrogen-bond acceptors (Lipinski definition) is 5. The number of rotatable bonds is 4. The van der Waals surface area contributed by atoms with Crippen LogP contribution in [0.3, 0.4) is 0 Å². The lowest BCUT2D eigenvalue weighted by Gasteiger charge is -2.45. The van der Waals surface area contributed by atoms with E-state index in [0.29, 0.717) is 12.3 Å². The Balaban J connectivity index is 1.46. The second-order valence-electron chi connectivity index (χ2n) is 9.58. The molecule has 2 unspecified atom stereocenters. The lowest BCUT2D eigenvalue weighted by atomic mass is 9.73. The molecule has 170 valence electrons. The zero-order valence-electron chi connectivity index (χ0n) is 19.2. The summed E-state index contributed by atoms with van der Waals surface area (Å²) in [6.07, 6.45) is 2.28. The number of ether oxygens (including phenoxy) is 2. The van der Waals surface area contributed by atoms with Gasteiger partial charge in [0, 0.05) is 36.4 Å². The molecule has 3 aromatic rings. The van der Waals surface area contributed by atoms with Crippen molar-refractivity contribution in [2.24, 2.45) is 11.8 Å². The monoisotopic (exact) mass is 444 g/mol. The van der Waals surface area contributed by atoms with Crippen molar-refractivity contribution in [2.75, 3.05) is 20.8 Å². The van der Waals surface area contributed by atoms with E-state index in [1.165, 1.54) is 11.1 Å². The van der Waals surface area contributed by atoms with Gasteiger partial charge >= 0.3 is 0 Å². The van der Waals surface area contributed by atoms with Gasteiger partial charge in [0.05, 0.1) is 25.5 Å². The first-order valence-corrected chi connectivity index (χ1v) is 11.6. The second-order valence-corrected chi connectivity index (χ2v) is 9.58. The van der Waals surface area contributed by atoms with Crippen LogP contribution in [0.5, 0.6) is 11.5 Å². The molecular weight excluding hydrogens is 416 g/mol. The van der Waals surface area contributed by atoms with E-state index in [-0.39, 0.29) is 23.3 Å². The van der Waals surface area contributed by atoms with Gasteiger partial charge in [-0.15, -0.1) is 0 Å². The number of carbonyl (C=O) groups excluding carboxylic acids is 1. The third kappa shape index (κ3) is 2.79. The van der Waals surface area contributed by atoms with Gasteiger partial charge in [-0.1, -0.05) is 42.4 Å². The molecule has 2 fully saturated rings. The molecule has 3 heterocycles. The fourth-order valence-electron chi connectivity index (χ4n) is 6.81. The molecule has 3 aliphatic rings. The van der Waals surface area contributed by atoms with Crippen molar-refractivity contribution in [1.82, 2.24) is 10.1 Å². The largest absolute Gasteiger partial charge is 0.493 e. The second kappa shape index (κ2) is 7.37. The van der Waals surface area contributed by atoms with Gasteiger partial charge in [0.2, 0.25) is 5.91 Å². The molecule has 4 atom stereocenters. The van der Waals surface area contributed by atoms with Crippen LogP contribution in [-0.2, 0) is 16.8 Å². The molecule has 0 radical (unpaired) electrons. The predicted octanol–water partition coefficient (Wildman–Crippen LogP) is 4.78. The van der Waals surface area contributed by atoms with Crippen molar-refractivity contribution in [3.8, 4) is 22.8 Å². The van der Waals surface area contributed by atoms with Crippen LogP contribution >= 0.6 is 0 Å². The highest BCUT2D eigenvalue weighted by molar-refractivity contribution is 5.82. The smallest absolute Gasteiger partial charge is 0.223 e. The van der Waals surface area contributed by atoms with E-state index in [0.717, 1.165) is 47.9 Å². The van der Waals surface area contributed by atoms with Crippen LogP contribution in [0.25, 0.3) is 11.3 Å². The molecule has 1 spiro atoms. The maximum absolute atomic E-state index is 13.2. The number of hydrogen-bond donors (Lipinski definition) is 0. The summed E-state index contributed by atoms with van der Waals surface area (Å²) in [4.78, 5) is 15.4. The molecule has 6 nitrogen and oxygen atoms in total. The van der Waals surface area contributed by atoms with Gasteiger partial charge in [0.15, 0.2) is 17.3 Å². The molecule has 0 bridgehead atoms. The van der Waals surface area contributed by atoms with Gasteiger partial charge in [-0.3, -0.25) is 4.79 Å². The summed E-state index contributed by atoms with van der Waals surface area (Å²) in [6, 6.07) is 16.3. The Kier molecular flexibility index (Phi) is 4.54. The van der Waals surface area contributed by atoms with Gasteiger partial charge in [-0.25, -0.2) is 0 Å². The van der Waals surface area contributed by atoms with Crippen molar-refractivity contribution in [3.05, 3.63) is 65.4 Å². The Hall–Kier alpha value is -3.28. The van der Waals surface area contributed by atoms with Gasteiger partial charge in [0.25, 0.3) is 0 Å². The molecule has 1 aromatic heterocycles. The van der Waals surface area contributed by atoms with E-state index in [1.54, 1.807) is 14.2 Å². The molecular formula is C27H28N2O4. The summed E-state index contributed by atoms with van der Waals surface area (Å²) in [5, 5.41) is 4.51. The van der Waals surface area contributed by atoms with Crippen molar-refractivity contribution < 1.29 is 18.8 Å². The number of methoxy groups -OCH3 is 2. The molecule has 2 aromatic carbocycles. The van der Waals surface area contributed by atoms with E-state index in [2.05, 4.69) is 35.2 Å². The van der Waals surface area contributed by atoms with Gasteiger partial charge in [-0.2, -0.15) is 0 Å². The Morgan fingerprint density at radius 2 is 1.85 bits per heavy atom. The number of aromatic nitrogens is 1. The number of nitrogens with zero attached hydrogens (tertiary/aromatic N) is 2. The Labute approximate surface area is 193 Å². The third-order valence-electron chi connectivity index (χ3n) is 8.08. The van der Waals surface area contributed by atoms with Gasteiger partial charge in [0.1, 0.15) is 0 Å². The summed E-state index contributed by atoms with van der Waals surface area (Å²) >= 11 is 0. The van der Waals surface area contributed by atoms with Crippen LogP contribution in [0.15, 0.2) is 53.1 Å². The highest BCUT2D eigenvalue weighted by Crippen LogP contribution is 2.64. The summed E-state index contributed by atoms with van der Waals surface area (Å²) in [5.41, 5.74) is 4.09. The first-order chi connectivity index (χ1) is 16.1. The molecule has 1 saturated heterocycles. The predicted molar refractivity (Wildman–Crippen MR) is 123 cm³/mol. The quantitative estimate of drug-likeness (QED) is 0.579. The summed E-state index contributed by atoms with van der Waals surface area (Å²) in [6.45, 7) is 3.03. The minimum absolute atomic E-state index is 0.144. The van der Waals surface area contributed by atoms with E-state index in [1.807, 2.05) is 30.3 Å². The fraction of sp³-hybridized carbons (Fsp3) is 0.407. The van der Waals surface area contributed by atoms with E-state index in [4.69, 9.17) is 14.0 Å². The Morgan fingerprint density at radius 3 is 2.61 bits per heavy atom. The number of amides is 1. The van der Waals surface area contributed by atoms with Crippen LogP contribution in [0.4, 0.5) is 0 Å². The van der Waals surface area contributed by atoms with E-state index >= 15 is 0 Å². The number of fused-ring (bicyclic) bond motifs is 1. The standard InChI is InChI=1S/C27H28N2O4/c1-16-15-27-19-12-24(32-3)23(31-2)11-18(19)9-10-29(27)25(30)13-20(27)26(16)21-14-22(33-28-21)17-7-5-4-6-8-17/h4-8,11-12,14,16,20,26H,9-10,13,15H2,1-3H3/t16-,20?,26+,27?/m0/s1. The van der Waals surface area contributed by atoms with E-state index < -0.39 is 0 Å². The molecule has 6 heteroatoms. The van der Waals surface area contributed by atoms with Crippen molar-refractivity contribution >= 4 is 5.91 Å². The van der Waals surface area contributed by atoms with E-state index in [9.17, 15) is 4.79 Å². The molecule has 6 rings (SSSR count). The van der Waals surface area contributed by atoms with Crippen LogP contribution in [0.2, 0.25) is 0 Å². The Morgan fingerprint density at radius 1 is 1.09 bits per heavy atom. The highest BCUT2D eigenvalue weighted by atomic mass is 16.5. The first-order valence-electron chi connectivity index (χ1n) is 11.6. The summed E-state index contributed by atoms with van der Waals surface area (Å²) in [7, 11) is 3.34. The maximum Gasteiger partial charge on any atom is 0.223 e. The third-order valence-corrected chi connectivity index (χ3v) is 8.08. The zero-order valence-corrected chi connectivity index (χ0v) is 19.2. The molecule has 1 amide bonds. The summed E-state index contributed by atoms with van der Waals surface area (Å²) < 4.78 is 17.0. The average molecular weight is 445 g/mol. The van der Waals surface area contributed by atoms with Crippen molar-refractivity contribution in [3.63, 3.8) is 0 Å². The van der Waals surface area contributed by atoms with Gasteiger partial charge < -0.3 is 18.9 Å². The van der Waals surface area contributed by atoms with Crippen LogP contribution < -0.4 is 9.47 Å². The SMILES string of the molecule is COc1cc2c(cc1OC)C13C[C@H](C)[C@@H](c4cc(-c5ccccc5)on4)C1CC(=O)N3CC2. The van der Waals surface area contributed by atoms with Crippen LogP contribution in [0.1, 0.15) is 42.5 Å². The normalized spacial score (nSPS) is 27.8. The minimum atomic E-state index is -0.333.